The zero-order valence-corrected chi connectivity index (χ0v) is 17.8. The molecule has 2 amide bonds. The molecule has 1 aliphatic rings. The minimum absolute atomic E-state index is 0.191. The van der Waals surface area contributed by atoms with E-state index in [4.69, 9.17) is 0 Å². The van der Waals surface area contributed by atoms with E-state index in [-0.39, 0.29) is 11.8 Å². The van der Waals surface area contributed by atoms with Gasteiger partial charge in [0.2, 0.25) is 0 Å². The topological polar surface area (TPSA) is 70.6 Å². The van der Waals surface area contributed by atoms with Crippen LogP contribution in [0.3, 0.4) is 0 Å². The lowest BCUT2D eigenvalue weighted by atomic mass is 10.0. The Balaban J connectivity index is 1.95. The van der Waals surface area contributed by atoms with Crippen LogP contribution in [0, 0.1) is 13.8 Å². The lowest BCUT2D eigenvalue weighted by Crippen LogP contribution is -2.22. The van der Waals surface area contributed by atoms with Gasteiger partial charge in [-0.2, -0.15) is 5.10 Å². The van der Waals surface area contributed by atoms with E-state index >= 15 is 0 Å². The first-order valence-corrected chi connectivity index (χ1v) is 10.5. The molecule has 28 heavy (non-hydrogen) atoms. The van der Waals surface area contributed by atoms with Crippen LogP contribution in [0.2, 0.25) is 0 Å². The predicted octanol–water partition coefficient (Wildman–Crippen LogP) is 5.01. The molecule has 1 aromatic heterocycles. The van der Waals surface area contributed by atoms with E-state index in [1.54, 1.807) is 0 Å². The molecule has 1 aliphatic carbocycles. The first kappa shape index (κ1) is 20.3. The van der Waals surface area contributed by atoms with E-state index in [0.29, 0.717) is 16.1 Å². The Morgan fingerprint density at radius 1 is 1.00 bits per heavy atom. The lowest BCUT2D eigenvalue weighted by Gasteiger charge is -2.09. The van der Waals surface area contributed by atoms with Crippen LogP contribution in [0.25, 0.3) is 0 Å². The summed E-state index contributed by atoms with van der Waals surface area (Å²) in [6, 6.07) is 5.65. The second kappa shape index (κ2) is 8.69. The molecule has 0 unspecified atom stereocenters. The maximum absolute atomic E-state index is 12.9. The van der Waals surface area contributed by atoms with Crippen LogP contribution in [0.15, 0.2) is 23.3 Å². The molecule has 148 valence electrons. The molecule has 2 N–H and O–H groups in total. The number of aryl methyl sites for hydroxylation is 3. The number of rotatable bonds is 4. The molecular weight excluding hydrogens is 370 g/mol. The van der Waals surface area contributed by atoms with Crippen LogP contribution in [-0.2, 0) is 12.8 Å². The molecule has 0 saturated heterocycles. The van der Waals surface area contributed by atoms with E-state index in [2.05, 4.69) is 15.8 Å². The molecule has 1 heterocycles. The molecule has 0 spiro atoms. The van der Waals surface area contributed by atoms with Gasteiger partial charge in [-0.3, -0.25) is 9.59 Å². The standard InChI is InChI=1S/C22H27N3O2S/c1-13(2)24-25-21(27)19-17-8-6-5-7-9-18(17)28-22(19)23-20(26)16-11-10-14(3)15(4)12-16/h10-12H,5-9H2,1-4H3,(H,23,26)(H,25,27). The fourth-order valence-electron chi connectivity index (χ4n) is 3.35. The van der Waals surface area contributed by atoms with Crippen LogP contribution in [0.4, 0.5) is 5.00 Å². The minimum Gasteiger partial charge on any atom is -0.313 e. The summed E-state index contributed by atoms with van der Waals surface area (Å²) in [6.45, 7) is 7.67. The van der Waals surface area contributed by atoms with E-state index in [1.807, 2.05) is 45.9 Å². The van der Waals surface area contributed by atoms with Crippen LogP contribution in [-0.4, -0.2) is 17.5 Å². The van der Waals surface area contributed by atoms with Gasteiger partial charge in [0.05, 0.1) is 5.56 Å². The van der Waals surface area contributed by atoms with Gasteiger partial charge >= 0.3 is 0 Å². The number of fused-ring (bicyclic) bond motifs is 1. The van der Waals surface area contributed by atoms with Gasteiger partial charge in [0.1, 0.15) is 5.00 Å². The number of amides is 2. The van der Waals surface area contributed by atoms with Gasteiger partial charge in [0.15, 0.2) is 0 Å². The number of hydrazone groups is 1. The van der Waals surface area contributed by atoms with Crippen LogP contribution >= 0.6 is 11.3 Å². The highest BCUT2D eigenvalue weighted by Gasteiger charge is 2.26. The molecule has 0 radical (unpaired) electrons. The fraction of sp³-hybridized carbons (Fsp3) is 0.409. The zero-order valence-electron chi connectivity index (χ0n) is 16.9. The number of nitrogens with one attached hydrogen (secondary N) is 2. The third-order valence-electron chi connectivity index (χ3n) is 5.03. The predicted molar refractivity (Wildman–Crippen MR) is 116 cm³/mol. The van der Waals surface area contributed by atoms with Crippen molar-refractivity contribution in [3.05, 3.63) is 50.9 Å². The number of nitrogens with zero attached hydrogens (tertiary/aromatic N) is 1. The third kappa shape index (κ3) is 4.50. The van der Waals surface area contributed by atoms with Crippen molar-refractivity contribution >= 4 is 33.9 Å². The quantitative estimate of drug-likeness (QED) is 0.432. The number of carbonyl (C=O) groups is 2. The summed E-state index contributed by atoms with van der Waals surface area (Å²) in [6.07, 6.45) is 5.16. The third-order valence-corrected chi connectivity index (χ3v) is 6.23. The molecule has 0 bridgehead atoms. The Morgan fingerprint density at radius 3 is 2.46 bits per heavy atom. The van der Waals surface area contributed by atoms with Crippen molar-refractivity contribution in [1.82, 2.24) is 5.43 Å². The number of hydrogen-bond donors (Lipinski definition) is 2. The van der Waals surface area contributed by atoms with Crippen LogP contribution < -0.4 is 10.7 Å². The van der Waals surface area contributed by atoms with Crippen molar-refractivity contribution in [2.75, 3.05) is 5.32 Å². The van der Waals surface area contributed by atoms with Gasteiger partial charge in [-0.1, -0.05) is 12.5 Å². The van der Waals surface area contributed by atoms with Crippen LogP contribution in [0.5, 0.6) is 0 Å². The SMILES string of the molecule is CC(C)=NNC(=O)c1c(NC(=O)c2ccc(C)c(C)c2)sc2c1CCCCC2. The number of carbonyl (C=O) groups excluding carboxylic acids is 2. The molecule has 2 aromatic rings. The second-order valence-electron chi connectivity index (χ2n) is 7.52. The Kier molecular flexibility index (Phi) is 6.29. The van der Waals surface area contributed by atoms with Gasteiger partial charge in [-0.15, -0.1) is 11.3 Å². The maximum Gasteiger partial charge on any atom is 0.274 e. The Morgan fingerprint density at radius 2 is 1.75 bits per heavy atom. The van der Waals surface area contributed by atoms with Crippen molar-refractivity contribution in [2.45, 2.75) is 59.8 Å². The van der Waals surface area contributed by atoms with Crippen molar-refractivity contribution in [2.24, 2.45) is 5.10 Å². The minimum atomic E-state index is -0.254. The Bertz CT molecular complexity index is 939. The van der Waals surface area contributed by atoms with Gasteiger partial charge in [-0.25, -0.2) is 5.43 Å². The summed E-state index contributed by atoms with van der Waals surface area (Å²) in [5.74, 6) is -0.445. The average molecular weight is 398 g/mol. The largest absolute Gasteiger partial charge is 0.313 e. The van der Waals surface area contributed by atoms with Gasteiger partial charge in [0.25, 0.3) is 11.8 Å². The van der Waals surface area contributed by atoms with E-state index in [1.165, 1.54) is 22.6 Å². The highest BCUT2D eigenvalue weighted by molar-refractivity contribution is 7.17. The van der Waals surface area contributed by atoms with E-state index in [0.717, 1.165) is 48.1 Å². The van der Waals surface area contributed by atoms with E-state index in [9.17, 15) is 9.59 Å². The summed E-state index contributed by atoms with van der Waals surface area (Å²) in [5.41, 5.74) is 7.86. The smallest absolute Gasteiger partial charge is 0.274 e. The van der Waals surface area contributed by atoms with Gasteiger partial charge in [-0.05, 0) is 82.2 Å². The summed E-state index contributed by atoms with van der Waals surface area (Å²) in [5, 5.41) is 7.67. The molecule has 6 heteroatoms. The number of anilines is 1. The molecule has 0 aliphatic heterocycles. The average Bonchev–Trinajstić information content (AvgIpc) is 2.82. The highest BCUT2D eigenvalue weighted by Crippen LogP contribution is 2.37. The molecule has 1 aromatic carbocycles. The fourth-order valence-corrected chi connectivity index (χ4v) is 4.63. The number of benzene rings is 1. The molecule has 0 fully saturated rings. The molecule has 0 atom stereocenters. The van der Waals surface area contributed by atoms with Crippen molar-refractivity contribution in [3.8, 4) is 0 Å². The van der Waals surface area contributed by atoms with E-state index < -0.39 is 0 Å². The maximum atomic E-state index is 12.9. The monoisotopic (exact) mass is 397 g/mol. The summed E-state index contributed by atoms with van der Waals surface area (Å²) < 4.78 is 0. The summed E-state index contributed by atoms with van der Waals surface area (Å²) in [4.78, 5) is 26.9. The molecule has 5 nitrogen and oxygen atoms in total. The normalized spacial score (nSPS) is 13.3. The zero-order chi connectivity index (χ0) is 20.3. The molecule has 3 rings (SSSR count). The van der Waals surface area contributed by atoms with Crippen molar-refractivity contribution < 1.29 is 9.59 Å². The summed E-state index contributed by atoms with van der Waals surface area (Å²) >= 11 is 1.53. The van der Waals surface area contributed by atoms with Crippen LogP contribution in [0.1, 0.15) is 75.4 Å². The molecule has 0 saturated carbocycles. The number of thiophene rings is 1. The van der Waals surface area contributed by atoms with Gasteiger partial charge in [0, 0.05) is 16.2 Å². The first-order chi connectivity index (χ1) is 13.4. The van der Waals surface area contributed by atoms with Gasteiger partial charge < -0.3 is 5.32 Å². The van der Waals surface area contributed by atoms with Crippen molar-refractivity contribution in [1.29, 1.82) is 0 Å². The number of hydrogen-bond acceptors (Lipinski definition) is 4. The highest BCUT2D eigenvalue weighted by atomic mass is 32.1. The lowest BCUT2D eigenvalue weighted by molar-refractivity contribution is 0.0955. The Hall–Kier alpha value is -2.47. The molecular formula is C22H27N3O2S. The summed E-state index contributed by atoms with van der Waals surface area (Å²) in [7, 11) is 0. The first-order valence-electron chi connectivity index (χ1n) is 9.71. The second-order valence-corrected chi connectivity index (χ2v) is 8.63. The Labute approximate surface area is 170 Å². The van der Waals surface area contributed by atoms with Crippen molar-refractivity contribution in [3.63, 3.8) is 0 Å².